The van der Waals surface area contributed by atoms with Gasteiger partial charge in [-0.15, -0.1) is 0 Å². The second-order valence-corrected chi connectivity index (χ2v) is 3.99. The van der Waals surface area contributed by atoms with Crippen molar-refractivity contribution in [1.82, 2.24) is 0 Å². The summed E-state index contributed by atoms with van der Waals surface area (Å²) in [5.74, 6) is 0. The van der Waals surface area contributed by atoms with Crippen LogP contribution in [0, 0.1) is 0 Å². The van der Waals surface area contributed by atoms with E-state index in [1.54, 1.807) is 12.1 Å². The molecule has 0 aliphatic heterocycles. The summed E-state index contributed by atoms with van der Waals surface area (Å²) in [6.07, 6.45) is 1.51. The van der Waals surface area contributed by atoms with Crippen LogP contribution in [0.2, 0.25) is 5.02 Å². The molecule has 0 radical (unpaired) electrons. The van der Waals surface area contributed by atoms with Gasteiger partial charge in [0.2, 0.25) is 6.20 Å². The summed E-state index contributed by atoms with van der Waals surface area (Å²) in [6, 6.07) is 7.20. The minimum Gasteiger partial charge on any atom is -0.285 e. The fraction of sp³-hybridized carbons (Fsp3) is 0. The van der Waals surface area contributed by atoms with Crippen molar-refractivity contribution in [3.63, 3.8) is 0 Å². The maximum Gasteiger partial charge on any atom is 0.267 e. The predicted molar refractivity (Wildman–Crippen MR) is 54.0 cm³/mol. The van der Waals surface area contributed by atoms with Gasteiger partial charge in [0.05, 0.1) is 10.4 Å². The molecule has 13 heavy (non-hydrogen) atoms. The van der Waals surface area contributed by atoms with Gasteiger partial charge in [-0.1, -0.05) is 27.5 Å². The SMILES string of the molecule is O[n+]1ccc(Cl)c2ccc(Br)cc21. The third-order valence-corrected chi connectivity index (χ3v) is 2.65. The predicted octanol–water partition coefficient (Wildman–Crippen LogP) is 2.78. The van der Waals surface area contributed by atoms with Gasteiger partial charge >= 0.3 is 0 Å². The first-order valence-electron chi connectivity index (χ1n) is 3.67. The summed E-state index contributed by atoms with van der Waals surface area (Å²) in [6.45, 7) is 0. The quantitative estimate of drug-likeness (QED) is 0.571. The Labute approximate surface area is 88.5 Å². The Balaban J connectivity index is 2.92. The van der Waals surface area contributed by atoms with Gasteiger partial charge < -0.3 is 0 Å². The molecular formula is C9H6BrClNO+. The number of hydrogen-bond acceptors (Lipinski definition) is 1. The zero-order chi connectivity index (χ0) is 9.42. The van der Waals surface area contributed by atoms with E-state index in [-0.39, 0.29) is 0 Å². The number of fused-ring (bicyclic) bond motifs is 1. The van der Waals surface area contributed by atoms with Crippen LogP contribution in [0.25, 0.3) is 10.9 Å². The minimum absolute atomic E-state index is 0.632. The molecule has 0 spiro atoms. The van der Waals surface area contributed by atoms with Gasteiger partial charge in [-0.2, -0.15) is 0 Å². The molecule has 0 aliphatic rings. The van der Waals surface area contributed by atoms with Crippen LogP contribution in [0.3, 0.4) is 0 Å². The molecular weight excluding hydrogens is 253 g/mol. The molecule has 0 fully saturated rings. The van der Waals surface area contributed by atoms with Crippen molar-refractivity contribution in [3.05, 3.63) is 40.0 Å². The highest BCUT2D eigenvalue weighted by Crippen LogP contribution is 2.22. The van der Waals surface area contributed by atoms with Gasteiger partial charge in [-0.05, 0) is 12.1 Å². The molecule has 1 aromatic carbocycles. The molecule has 0 atom stereocenters. The number of rotatable bonds is 0. The van der Waals surface area contributed by atoms with E-state index in [0.717, 1.165) is 14.6 Å². The van der Waals surface area contributed by atoms with E-state index in [1.807, 2.05) is 12.1 Å². The Morgan fingerprint density at radius 2 is 2.08 bits per heavy atom. The minimum atomic E-state index is 0.632. The Morgan fingerprint density at radius 3 is 2.85 bits per heavy atom. The van der Waals surface area contributed by atoms with E-state index in [1.165, 1.54) is 6.20 Å². The van der Waals surface area contributed by atoms with Crippen LogP contribution in [0.15, 0.2) is 34.9 Å². The van der Waals surface area contributed by atoms with E-state index in [0.29, 0.717) is 10.5 Å². The van der Waals surface area contributed by atoms with E-state index >= 15 is 0 Å². The number of nitrogens with zero attached hydrogens (tertiary/aromatic N) is 1. The molecule has 66 valence electrons. The lowest BCUT2D eigenvalue weighted by molar-refractivity contribution is -0.884. The van der Waals surface area contributed by atoms with Gasteiger partial charge in [0.1, 0.15) is 0 Å². The lowest BCUT2D eigenvalue weighted by Crippen LogP contribution is -2.29. The van der Waals surface area contributed by atoms with Crippen LogP contribution in [-0.2, 0) is 0 Å². The fourth-order valence-corrected chi connectivity index (χ4v) is 1.77. The maximum absolute atomic E-state index is 9.46. The van der Waals surface area contributed by atoms with Gasteiger partial charge in [0.15, 0.2) is 0 Å². The van der Waals surface area contributed by atoms with Crippen LogP contribution in [0.4, 0.5) is 0 Å². The van der Waals surface area contributed by atoms with Crippen LogP contribution < -0.4 is 4.73 Å². The zero-order valence-corrected chi connectivity index (χ0v) is 8.88. The number of aromatic nitrogens is 1. The molecule has 4 heteroatoms. The van der Waals surface area contributed by atoms with Crippen molar-refractivity contribution in [2.45, 2.75) is 0 Å². The monoisotopic (exact) mass is 258 g/mol. The molecule has 2 rings (SSSR count). The number of halogens is 2. The second-order valence-electron chi connectivity index (χ2n) is 2.67. The van der Waals surface area contributed by atoms with E-state index in [4.69, 9.17) is 11.6 Å². The highest BCUT2D eigenvalue weighted by Gasteiger charge is 2.10. The van der Waals surface area contributed by atoms with E-state index in [9.17, 15) is 5.21 Å². The normalized spacial score (nSPS) is 10.6. The molecule has 0 saturated heterocycles. The Kier molecular flexibility index (Phi) is 2.14. The molecule has 0 aliphatic carbocycles. The topological polar surface area (TPSA) is 24.1 Å². The second kappa shape index (κ2) is 3.16. The third-order valence-electron chi connectivity index (χ3n) is 1.83. The molecule has 0 saturated carbocycles. The summed E-state index contributed by atoms with van der Waals surface area (Å²) in [7, 11) is 0. The average molecular weight is 260 g/mol. The first kappa shape index (κ1) is 8.78. The van der Waals surface area contributed by atoms with E-state index in [2.05, 4.69) is 15.9 Å². The Bertz CT molecular complexity index is 472. The number of hydrogen-bond donors (Lipinski definition) is 1. The van der Waals surface area contributed by atoms with Crippen LogP contribution in [0.5, 0.6) is 0 Å². The maximum atomic E-state index is 9.46. The van der Waals surface area contributed by atoms with Gasteiger partial charge in [0.25, 0.3) is 5.52 Å². The lowest BCUT2D eigenvalue weighted by Gasteiger charge is -1.96. The molecule has 0 amide bonds. The van der Waals surface area contributed by atoms with Crippen molar-refractivity contribution in [2.75, 3.05) is 0 Å². The van der Waals surface area contributed by atoms with Crippen molar-refractivity contribution >= 4 is 38.4 Å². The highest BCUT2D eigenvalue weighted by molar-refractivity contribution is 9.10. The highest BCUT2D eigenvalue weighted by atomic mass is 79.9. The fourth-order valence-electron chi connectivity index (χ4n) is 1.20. The summed E-state index contributed by atoms with van der Waals surface area (Å²) in [5, 5.41) is 10.9. The van der Waals surface area contributed by atoms with Crippen molar-refractivity contribution in [2.24, 2.45) is 0 Å². The first-order valence-corrected chi connectivity index (χ1v) is 4.84. The van der Waals surface area contributed by atoms with E-state index < -0.39 is 0 Å². The average Bonchev–Trinajstić information content (AvgIpc) is 2.12. The van der Waals surface area contributed by atoms with Gasteiger partial charge in [-0.3, -0.25) is 5.21 Å². The van der Waals surface area contributed by atoms with Gasteiger partial charge in [0, 0.05) is 21.3 Å². The van der Waals surface area contributed by atoms with Crippen LogP contribution in [-0.4, -0.2) is 5.21 Å². The van der Waals surface area contributed by atoms with Crippen molar-refractivity contribution in [3.8, 4) is 0 Å². The van der Waals surface area contributed by atoms with Crippen molar-refractivity contribution < 1.29 is 9.94 Å². The number of pyridine rings is 1. The molecule has 0 unspecified atom stereocenters. The first-order chi connectivity index (χ1) is 6.18. The summed E-state index contributed by atoms with van der Waals surface area (Å²) in [5.41, 5.74) is 0.682. The molecule has 2 aromatic rings. The molecule has 2 nitrogen and oxygen atoms in total. The molecule has 1 N–H and O–H groups in total. The molecule has 0 bridgehead atoms. The van der Waals surface area contributed by atoms with Crippen molar-refractivity contribution in [1.29, 1.82) is 0 Å². The number of benzene rings is 1. The van der Waals surface area contributed by atoms with Crippen LogP contribution in [0.1, 0.15) is 0 Å². The Morgan fingerprint density at radius 1 is 1.31 bits per heavy atom. The summed E-state index contributed by atoms with van der Waals surface area (Å²) in [4.78, 5) is 0. The standard InChI is InChI=1S/C9H6BrClNO/c10-6-1-2-7-8(11)3-4-12(13)9(7)5-6/h1-5,13H/q+1. The van der Waals surface area contributed by atoms with Gasteiger partial charge in [-0.25, -0.2) is 0 Å². The van der Waals surface area contributed by atoms with Crippen LogP contribution >= 0.6 is 27.5 Å². The molecule has 1 heterocycles. The third kappa shape index (κ3) is 1.49. The molecule has 1 aromatic heterocycles. The summed E-state index contributed by atoms with van der Waals surface area (Å²) >= 11 is 9.27. The largest absolute Gasteiger partial charge is 0.285 e. The lowest BCUT2D eigenvalue weighted by atomic mass is 10.2. The Hall–Kier alpha value is -0.800. The summed E-state index contributed by atoms with van der Waals surface area (Å²) < 4.78 is 1.96. The smallest absolute Gasteiger partial charge is 0.267 e. The zero-order valence-electron chi connectivity index (χ0n) is 6.54.